The first-order valence-electron chi connectivity index (χ1n) is 8.07. The van der Waals surface area contributed by atoms with Crippen molar-refractivity contribution in [3.05, 3.63) is 0 Å². The molecule has 0 saturated carbocycles. The first-order chi connectivity index (χ1) is 9.82. The average molecular weight is 317 g/mol. The molecule has 2 unspecified atom stereocenters. The molecule has 0 spiro atoms. The first kappa shape index (κ1) is 18.3. The van der Waals surface area contributed by atoms with E-state index in [2.05, 4.69) is 36.4 Å². The minimum absolute atomic E-state index is 0.177. The van der Waals surface area contributed by atoms with Crippen LogP contribution < -0.4 is 10.6 Å². The van der Waals surface area contributed by atoms with E-state index in [9.17, 15) is 8.42 Å². The SMILES string of the molecule is CCNC(=NCC1CCS(=O)(=O)C1)NC(C)CCC(C)C. The van der Waals surface area contributed by atoms with Crippen molar-refractivity contribution in [3.8, 4) is 0 Å². The van der Waals surface area contributed by atoms with E-state index < -0.39 is 9.84 Å². The highest BCUT2D eigenvalue weighted by molar-refractivity contribution is 7.91. The highest BCUT2D eigenvalue weighted by Gasteiger charge is 2.27. The second-order valence-electron chi connectivity index (χ2n) is 6.51. The van der Waals surface area contributed by atoms with Crippen LogP contribution in [0.25, 0.3) is 0 Å². The molecule has 21 heavy (non-hydrogen) atoms. The number of sulfone groups is 1. The van der Waals surface area contributed by atoms with E-state index >= 15 is 0 Å². The van der Waals surface area contributed by atoms with Crippen LogP contribution in [0.4, 0.5) is 0 Å². The Balaban J connectivity index is 2.46. The van der Waals surface area contributed by atoms with Crippen LogP contribution in [0.3, 0.4) is 0 Å². The fraction of sp³-hybridized carbons (Fsp3) is 0.933. The van der Waals surface area contributed by atoms with Crippen molar-refractivity contribution in [3.63, 3.8) is 0 Å². The molecular weight excluding hydrogens is 286 g/mol. The second kappa shape index (κ2) is 8.61. The van der Waals surface area contributed by atoms with Gasteiger partial charge in [0, 0.05) is 19.1 Å². The van der Waals surface area contributed by atoms with E-state index in [0.717, 1.165) is 25.3 Å². The Morgan fingerprint density at radius 1 is 1.29 bits per heavy atom. The lowest BCUT2D eigenvalue weighted by molar-refractivity contribution is 0.488. The van der Waals surface area contributed by atoms with Crippen LogP contribution >= 0.6 is 0 Å². The summed E-state index contributed by atoms with van der Waals surface area (Å²) in [6.45, 7) is 10.1. The van der Waals surface area contributed by atoms with E-state index in [1.165, 1.54) is 6.42 Å². The predicted molar refractivity (Wildman–Crippen MR) is 89.4 cm³/mol. The fourth-order valence-electron chi connectivity index (χ4n) is 2.45. The molecule has 5 nitrogen and oxygen atoms in total. The van der Waals surface area contributed by atoms with E-state index in [1.54, 1.807) is 0 Å². The first-order valence-corrected chi connectivity index (χ1v) is 9.89. The summed E-state index contributed by atoms with van der Waals surface area (Å²) >= 11 is 0. The number of hydrogen-bond acceptors (Lipinski definition) is 3. The molecule has 1 rings (SSSR count). The summed E-state index contributed by atoms with van der Waals surface area (Å²) in [6, 6.07) is 0.373. The van der Waals surface area contributed by atoms with E-state index in [4.69, 9.17) is 0 Å². The third-order valence-electron chi connectivity index (χ3n) is 3.74. The third kappa shape index (κ3) is 7.69. The minimum Gasteiger partial charge on any atom is -0.357 e. The molecule has 0 aromatic heterocycles. The fourth-order valence-corrected chi connectivity index (χ4v) is 4.29. The summed E-state index contributed by atoms with van der Waals surface area (Å²) in [5, 5.41) is 6.64. The summed E-state index contributed by atoms with van der Waals surface area (Å²) in [7, 11) is -2.81. The number of guanidine groups is 1. The quantitative estimate of drug-likeness (QED) is 0.555. The minimum atomic E-state index is -2.81. The zero-order chi connectivity index (χ0) is 15.9. The van der Waals surface area contributed by atoms with Crippen LogP contribution in [0.15, 0.2) is 4.99 Å². The van der Waals surface area contributed by atoms with E-state index in [0.29, 0.717) is 30.0 Å². The van der Waals surface area contributed by atoms with Gasteiger partial charge < -0.3 is 10.6 Å². The molecule has 2 atom stereocenters. The Kier molecular flexibility index (Phi) is 7.49. The molecule has 0 bridgehead atoms. The largest absolute Gasteiger partial charge is 0.357 e. The number of rotatable bonds is 7. The monoisotopic (exact) mass is 317 g/mol. The Hall–Kier alpha value is -0.780. The smallest absolute Gasteiger partial charge is 0.191 e. The average Bonchev–Trinajstić information content (AvgIpc) is 2.73. The van der Waals surface area contributed by atoms with Gasteiger partial charge in [-0.05, 0) is 44.9 Å². The lowest BCUT2D eigenvalue weighted by Gasteiger charge is -2.19. The summed E-state index contributed by atoms with van der Waals surface area (Å²) in [5.74, 6) is 2.30. The zero-order valence-electron chi connectivity index (χ0n) is 13.9. The van der Waals surface area contributed by atoms with Crippen molar-refractivity contribution < 1.29 is 8.42 Å². The second-order valence-corrected chi connectivity index (χ2v) is 8.73. The van der Waals surface area contributed by atoms with Gasteiger partial charge in [0.1, 0.15) is 0 Å². The molecule has 1 heterocycles. The van der Waals surface area contributed by atoms with Gasteiger partial charge in [0.25, 0.3) is 0 Å². The maximum absolute atomic E-state index is 11.5. The topological polar surface area (TPSA) is 70.6 Å². The van der Waals surface area contributed by atoms with Gasteiger partial charge in [0.2, 0.25) is 0 Å². The molecule has 1 fully saturated rings. The molecule has 124 valence electrons. The zero-order valence-corrected chi connectivity index (χ0v) is 14.7. The molecule has 1 aliphatic rings. The normalized spacial score (nSPS) is 23.3. The Labute approximate surface area is 129 Å². The summed E-state index contributed by atoms with van der Waals surface area (Å²) in [5.41, 5.74) is 0. The Morgan fingerprint density at radius 3 is 2.52 bits per heavy atom. The maximum atomic E-state index is 11.5. The van der Waals surface area contributed by atoms with Gasteiger partial charge in [0.05, 0.1) is 11.5 Å². The van der Waals surface area contributed by atoms with Gasteiger partial charge in [-0.1, -0.05) is 13.8 Å². The van der Waals surface area contributed by atoms with Crippen LogP contribution in [-0.4, -0.2) is 45.0 Å². The van der Waals surface area contributed by atoms with Gasteiger partial charge in [0.15, 0.2) is 15.8 Å². The third-order valence-corrected chi connectivity index (χ3v) is 5.58. The number of hydrogen-bond donors (Lipinski definition) is 2. The van der Waals surface area contributed by atoms with Crippen molar-refractivity contribution in [2.45, 2.75) is 53.0 Å². The Bertz CT molecular complexity index is 432. The lowest BCUT2D eigenvalue weighted by atomic mass is 10.0. The molecule has 0 aromatic carbocycles. The van der Waals surface area contributed by atoms with Crippen LogP contribution in [0.5, 0.6) is 0 Å². The number of nitrogens with one attached hydrogen (secondary N) is 2. The molecule has 0 amide bonds. The van der Waals surface area contributed by atoms with Crippen LogP contribution in [0.1, 0.15) is 47.0 Å². The van der Waals surface area contributed by atoms with Crippen LogP contribution in [0.2, 0.25) is 0 Å². The van der Waals surface area contributed by atoms with Gasteiger partial charge in [-0.25, -0.2) is 8.42 Å². The maximum Gasteiger partial charge on any atom is 0.191 e. The molecule has 1 saturated heterocycles. The van der Waals surface area contributed by atoms with Gasteiger partial charge in [-0.3, -0.25) is 4.99 Å². The molecule has 2 N–H and O–H groups in total. The summed E-state index contributed by atoms with van der Waals surface area (Å²) in [4.78, 5) is 4.56. The highest BCUT2D eigenvalue weighted by atomic mass is 32.2. The molecule has 0 radical (unpaired) electrons. The van der Waals surface area contributed by atoms with Gasteiger partial charge in [-0.15, -0.1) is 0 Å². The van der Waals surface area contributed by atoms with Gasteiger partial charge in [-0.2, -0.15) is 0 Å². The summed E-state index contributed by atoms with van der Waals surface area (Å²) < 4.78 is 22.9. The van der Waals surface area contributed by atoms with Crippen molar-refractivity contribution in [2.75, 3.05) is 24.6 Å². The number of nitrogens with zero attached hydrogens (tertiary/aromatic N) is 1. The highest BCUT2D eigenvalue weighted by Crippen LogP contribution is 2.18. The molecule has 0 aromatic rings. The van der Waals surface area contributed by atoms with Crippen molar-refractivity contribution in [2.24, 2.45) is 16.8 Å². The standard InChI is InChI=1S/C15H31N3O2S/c1-5-16-15(18-13(4)7-6-12(2)3)17-10-14-8-9-21(19,20)11-14/h12-14H,5-11H2,1-4H3,(H2,16,17,18). The summed E-state index contributed by atoms with van der Waals surface area (Å²) in [6.07, 6.45) is 3.04. The lowest BCUT2D eigenvalue weighted by Crippen LogP contribution is -2.42. The van der Waals surface area contributed by atoms with Crippen molar-refractivity contribution >= 4 is 15.8 Å². The van der Waals surface area contributed by atoms with Crippen LogP contribution in [-0.2, 0) is 9.84 Å². The van der Waals surface area contributed by atoms with Crippen molar-refractivity contribution in [1.82, 2.24) is 10.6 Å². The van der Waals surface area contributed by atoms with E-state index in [-0.39, 0.29) is 5.92 Å². The number of aliphatic imine (C=N–C) groups is 1. The Morgan fingerprint density at radius 2 is 2.00 bits per heavy atom. The van der Waals surface area contributed by atoms with Crippen LogP contribution in [0, 0.1) is 11.8 Å². The van der Waals surface area contributed by atoms with Crippen molar-refractivity contribution in [1.29, 1.82) is 0 Å². The molecular formula is C15H31N3O2S. The molecule has 0 aliphatic carbocycles. The predicted octanol–water partition coefficient (Wildman–Crippen LogP) is 1.80. The molecule has 6 heteroatoms. The van der Waals surface area contributed by atoms with E-state index in [1.807, 2.05) is 6.92 Å². The molecule has 1 aliphatic heterocycles. The van der Waals surface area contributed by atoms with Gasteiger partial charge >= 0.3 is 0 Å².